The lowest BCUT2D eigenvalue weighted by molar-refractivity contribution is -0.163. The van der Waals surface area contributed by atoms with Gasteiger partial charge in [-0.3, -0.25) is 4.79 Å². The lowest BCUT2D eigenvalue weighted by Gasteiger charge is -2.36. The van der Waals surface area contributed by atoms with Crippen LogP contribution < -0.4 is 15.5 Å². The molecule has 2 aromatic rings. The average Bonchev–Trinajstić information content (AvgIpc) is 2.80. The molecule has 1 heterocycles. The number of carboxylic acids is 1. The normalized spacial score (nSPS) is 15.3. The van der Waals surface area contributed by atoms with Gasteiger partial charge < -0.3 is 25.4 Å². The highest BCUT2D eigenvalue weighted by Crippen LogP contribution is 2.41. The predicted molar refractivity (Wildman–Crippen MR) is 128 cm³/mol. The summed E-state index contributed by atoms with van der Waals surface area (Å²) in [4.78, 5) is 25.9. The molecule has 2 aromatic carbocycles. The van der Waals surface area contributed by atoms with Crippen LogP contribution in [0.3, 0.4) is 0 Å². The third kappa shape index (κ3) is 6.87. The number of aryl methyl sites for hydroxylation is 1. The zero-order valence-electron chi connectivity index (χ0n) is 20.0. The lowest BCUT2D eigenvalue weighted by atomic mass is 9.93. The molecule has 0 radical (unpaired) electrons. The van der Waals surface area contributed by atoms with Crippen molar-refractivity contribution in [2.24, 2.45) is 0 Å². The quantitative estimate of drug-likeness (QED) is 0.384. The van der Waals surface area contributed by atoms with Gasteiger partial charge in [-0.1, -0.05) is 12.1 Å². The molecule has 0 aliphatic carbocycles. The number of hydrogen-bond donors (Lipinski definition) is 3. The Morgan fingerprint density at radius 1 is 1.11 bits per heavy atom. The summed E-state index contributed by atoms with van der Waals surface area (Å²) in [6, 6.07) is 7.25. The van der Waals surface area contributed by atoms with Gasteiger partial charge in [0.1, 0.15) is 5.82 Å². The molecular formula is C25H29F4N3O4. The second-order valence-electron chi connectivity index (χ2n) is 8.66. The van der Waals surface area contributed by atoms with E-state index in [1.807, 2.05) is 11.8 Å². The summed E-state index contributed by atoms with van der Waals surface area (Å²) in [7, 11) is 0. The molecule has 0 aromatic heterocycles. The number of nitrogens with zero attached hydrogens (tertiary/aromatic N) is 1. The van der Waals surface area contributed by atoms with Crippen LogP contribution in [0.25, 0.3) is 0 Å². The van der Waals surface area contributed by atoms with Gasteiger partial charge in [0, 0.05) is 25.8 Å². The Bertz CT molecular complexity index is 1090. The van der Waals surface area contributed by atoms with Crippen molar-refractivity contribution in [2.75, 3.05) is 35.3 Å². The third-order valence-corrected chi connectivity index (χ3v) is 6.10. The molecule has 3 N–H and O–H groups in total. The molecule has 1 aliphatic heterocycles. The molecular weight excluding hydrogens is 482 g/mol. The Hall–Kier alpha value is -3.34. The van der Waals surface area contributed by atoms with Crippen molar-refractivity contribution in [3.63, 3.8) is 0 Å². The van der Waals surface area contributed by atoms with Crippen LogP contribution in [0.1, 0.15) is 43.2 Å². The number of carbonyl (C=O) groups excluding carboxylic acids is 1. The molecule has 0 spiro atoms. The van der Waals surface area contributed by atoms with Crippen LogP contribution >= 0.6 is 0 Å². The maximum atomic E-state index is 14.2. The zero-order valence-corrected chi connectivity index (χ0v) is 20.0. The molecule has 1 saturated heterocycles. The summed E-state index contributed by atoms with van der Waals surface area (Å²) in [5, 5.41) is 14.0. The number of halogens is 4. The molecule has 196 valence electrons. The van der Waals surface area contributed by atoms with E-state index in [1.165, 1.54) is 24.3 Å². The fraction of sp³-hybridized carbons (Fsp3) is 0.440. The zero-order chi connectivity index (χ0) is 26.5. The number of rotatable bonds is 8. The molecule has 0 bridgehead atoms. The van der Waals surface area contributed by atoms with Crippen molar-refractivity contribution in [2.45, 2.75) is 51.2 Å². The van der Waals surface area contributed by atoms with Crippen molar-refractivity contribution >= 4 is 29.1 Å². The van der Waals surface area contributed by atoms with Crippen LogP contribution in [-0.4, -0.2) is 49.1 Å². The van der Waals surface area contributed by atoms with Gasteiger partial charge >= 0.3 is 18.2 Å². The summed E-state index contributed by atoms with van der Waals surface area (Å²) >= 11 is 0. The van der Waals surface area contributed by atoms with E-state index in [2.05, 4.69) is 10.6 Å². The Balaban J connectivity index is 1.99. The standard InChI is InChI=1S/C25H29F4N3O4/c1-3-32(17-8-10-36-11-9-17)22-7-5-16(18(14-23(33)34)25(27,28)29)13-21(22)31-24(35)30-20-6-4-15(2)12-19(20)26/h4-7,12-13,17-18H,3,8-11,14H2,1-2H3,(H,33,34)(H2,30,31,35)/t18-/m0/s1. The van der Waals surface area contributed by atoms with Crippen LogP contribution in [0.15, 0.2) is 36.4 Å². The van der Waals surface area contributed by atoms with Crippen molar-refractivity contribution in [3.8, 4) is 0 Å². The first-order chi connectivity index (χ1) is 17.0. The van der Waals surface area contributed by atoms with Gasteiger partial charge in [-0.25, -0.2) is 9.18 Å². The Morgan fingerprint density at radius 3 is 2.36 bits per heavy atom. The van der Waals surface area contributed by atoms with Gasteiger partial charge in [0.25, 0.3) is 0 Å². The van der Waals surface area contributed by atoms with Crippen LogP contribution in [0.5, 0.6) is 0 Å². The number of amides is 2. The number of alkyl halides is 3. The molecule has 1 fully saturated rings. The van der Waals surface area contributed by atoms with Gasteiger partial charge in [-0.2, -0.15) is 13.2 Å². The van der Waals surface area contributed by atoms with Crippen molar-refractivity contribution < 1.29 is 37.0 Å². The second-order valence-corrected chi connectivity index (χ2v) is 8.66. The molecule has 0 unspecified atom stereocenters. The van der Waals surface area contributed by atoms with Gasteiger partial charge in [0.15, 0.2) is 0 Å². The minimum atomic E-state index is -4.81. The van der Waals surface area contributed by atoms with Crippen molar-refractivity contribution in [3.05, 3.63) is 53.3 Å². The fourth-order valence-electron chi connectivity index (χ4n) is 4.34. The first kappa shape index (κ1) is 27.3. The smallest absolute Gasteiger partial charge is 0.396 e. The number of carboxylic acid groups (broad SMARTS) is 1. The number of ether oxygens (including phenoxy) is 1. The van der Waals surface area contributed by atoms with E-state index < -0.39 is 36.3 Å². The number of carbonyl (C=O) groups is 2. The summed E-state index contributed by atoms with van der Waals surface area (Å²) in [5.41, 5.74) is 0.801. The van der Waals surface area contributed by atoms with Crippen LogP contribution in [0.4, 0.5) is 39.4 Å². The minimum Gasteiger partial charge on any atom is -0.481 e. The Kier molecular flexibility index (Phi) is 8.78. The van der Waals surface area contributed by atoms with E-state index in [4.69, 9.17) is 9.84 Å². The average molecular weight is 512 g/mol. The van der Waals surface area contributed by atoms with Crippen LogP contribution in [0, 0.1) is 12.7 Å². The molecule has 1 aliphatic rings. The molecule has 3 rings (SSSR count). The SMILES string of the molecule is CCN(c1ccc([C@H](CC(=O)O)C(F)(F)F)cc1NC(=O)Nc1ccc(C)cc1F)C1CCOCC1. The Labute approximate surface area is 206 Å². The molecule has 0 saturated carbocycles. The van der Waals surface area contributed by atoms with Gasteiger partial charge in [-0.15, -0.1) is 0 Å². The highest BCUT2D eigenvalue weighted by molar-refractivity contribution is 6.02. The number of aliphatic carboxylic acids is 1. The van der Waals surface area contributed by atoms with Crippen molar-refractivity contribution in [1.29, 1.82) is 0 Å². The monoisotopic (exact) mass is 511 g/mol. The summed E-state index contributed by atoms with van der Waals surface area (Å²) in [5.74, 6) is -4.52. The number of hydrogen-bond acceptors (Lipinski definition) is 4. The maximum absolute atomic E-state index is 14.2. The highest BCUT2D eigenvalue weighted by Gasteiger charge is 2.42. The molecule has 1 atom stereocenters. The Morgan fingerprint density at radius 2 is 1.78 bits per heavy atom. The van der Waals surface area contributed by atoms with Crippen LogP contribution in [-0.2, 0) is 9.53 Å². The van der Waals surface area contributed by atoms with Gasteiger partial charge in [-0.05, 0) is 62.1 Å². The van der Waals surface area contributed by atoms with E-state index in [0.717, 1.165) is 6.07 Å². The molecule has 11 heteroatoms. The first-order valence-electron chi connectivity index (χ1n) is 11.6. The topological polar surface area (TPSA) is 90.9 Å². The maximum Gasteiger partial charge on any atom is 0.396 e. The number of urea groups is 1. The number of anilines is 3. The van der Waals surface area contributed by atoms with E-state index in [0.29, 0.717) is 43.9 Å². The van der Waals surface area contributed by atoms with Gasteiger partial charge in [0.2, 0.25) is 0 Å². The minimum absolute atomic E-state index is 0.0326. The second kappa shape index (κ2) is 11.6. The summed E-state index contributed by atoms with van der Waals surface area (Å²) in [6.45, 7) is 5.14. The van der Waals surface area contributed by atoms with Crippen molar-refractivity contribution in [1.82, 2.24) is 0 Å². The first-order valence-corrected chi connectivity index (χ1v) is 11.6. The summed E-state index contributed by atoms with van der Waals surface area (Å²) in [6.07, 6.45) is -4.57. The van der Waals surface area contributed by atoms with Crippen LogP contribution in [0.2, 0.25) is 0 Å². The molecule has 7 nitrogen and oxygen atoms in total. The molecule has 2 amide bonds. The van der Waals surface area contributed by atoms with E-state index in [-0.39, 0.29) is 23.0 Å². The van der Waals surface area contributed by atoms with Gasteiger partial charge in [0.05, 0.1) is 29.4 Å². The number of nitrogens with one attached hydrogen (secondary N) is 2. The highest BCUT2D eigenvalue weighted by atomic mass is 19.4. The third-order valence-electron chi connectivity index (χ3n) is 6.10. The number of benzene rings is 2. The molecule has 36 heavy (non-hydrogen) atoms. The predicted octanol–water partition coefficient (Wildman–Crippen LogP) is 5.90. The summed E-state index contributed by atoms with van der Waals surface area (Å²) < 4.78 is 60.8. The van der Waals surface area contributed by atoms with E-state index in [1.54, 1.807) is 13.0 Å². The fourth-order valence-corrected chi connectivity index (χ4v) is 4.34. The van der Waals surface area contributed by atoms with E-state index >= 15 is 0 Å². The lowest BCUT2D eigenvalue weighted by Crippen LogP contribution is -2.40. The largest absolute Gasteiger partial charge is 0.481 e. The van der Waals surface area contributed by atoms with E-state index in [9.17, 15) is 27.2 Å².